The van der Waals surface area contributed by atoms with Gasteiger partial charge in [-0.1, -0.05) is 0 Å². The first kappa shape index (κ1) is 10.7. The molecular weight excluding hydrogens is 128 g/mol. The first-order chi connectivity index (χ1) is 2.80. The molecule has 1 aliphatic carbocycles. The largest absolute Gasteiger partial charge is 0.369 e. The molecule has 0 saturated heterocycles. The topological polar surface area (TPSA) is 78.1 Å². The molecule has 5 N–H and O–H groups in total. The summed E-state index contributed by atoms with van der Waals surface area (Å²) in [5.41, 5.74) is 4.86. The summed E-state index contributed by atoms with van der Waals surface area (Å²) in [6.45, 7) is 0. The van der Waals surface area contributed by atoms with E-state index in [4.69, 9.17) is 5.73 Å². The molecule has 0 aromatic heterocycles. The fourth-order valence-corrected chi connectivity index (χ4v) is 0.368. The maximum absolute atomic E-state index is 9.98. The van der Waals surface area contributed by atoms with Crippen LogP contribution in [0.1, 0.15) is 12.8 Å². The normalized spacial score (nSPS) is 15.5. The Morgan fingerprint density at radius 2 is 1.88 bits per heavy atom. The summed E-state index contributed by atoms with van der Waals surface area (Å²) in [7, 11) is 0. The summed E-state index contributed by atoms with van der Waals surface area (Å²) in [5.74, 6) is 0.111. The van der Waals surface area contributed by atoms with Gasteiger partial charge in [0.15, 0.2) is 0 Å². The van der Waals surface area contributed by atoms with E-state index in [1.165, 1.54) is 0 Å². The Morgan fingerprint density at radius 1 is 1.50 bits per heavy atom. The van der Waals surface area contributed by atoms with Gasteiger partial charge in [-0.05, 0) is 12.8 Å². The fraction of sp³-hybridized carbons (Fsp3) is 0.750. The first-order valence-corrected chi connectivity index (χ1v) is 2.10. The predicted octanol–water partition coefficient (Wildman–Crippen LogP) is 0.465. The zero-order chi connectivity index (χ0) is 4.57. The van der Waals surface area contributed by atoms with Gasteiger partial charge in [-0.3, -0.25) is 4.79 Å². The molecule has 0 aromatic carbocycles. The Bertz CT molecular complexity index is 82.1. The highest BCUT2D eigenvalue weighted by molar-refractivity contribution is 5.85. The Morgan fingerprint density at radius 3 is 1.88 bits per heavy atom. The van der Waals surface area contributed by atoms with Gasteiger partial charge in [0.25, 0.3) is 0 Å². The lowest BCUT2D eigenvalue weighted by Gasteiger charge is -1.77. The molecule has 1 rings (SSSR count). The van der Waals surface area contributed by atoms with Crippen molar-refractivity contribution in [3.8, 4) is 0 Å². The molecule has 8 heavy (non-hydrogen) atoms. The van der Waals surface area contributed by atoms with E-state index in [1.807, 2.05) is 0 Å². The third kappa shape index (κ3) is 2.82. The molecule has 0 spiro atoms. The van der Waals surface area contributed by atoms with Crippen molar-refractivity contribution in [2.24, 2.45) is 11.7 Å². The second kappa shape index (κ2) is 3.69. The lowest BCUT2D eigenvalue weighted by atomic mass is 10.4. The number of halogens is 1. The Balaban J connectivity index is 0. The monoisotopic (exact) mass is 138 g/mol. The summed E-state index contributed by atoms with van der Waals surface area (Å²) >= 11 is 0. The molecule has 0 atom stereocenters. The van der Waals surface area contributed by atoms with Gasteiger partial charge in [-0.2, -0.15) is 0 Å². The zero-order valence-electron chi connectivity index (χ0n) is 4.59. The maximum atomic E-state index is 9.98. The molecule has 3 nitrogen and oxygen atoms in total. The molecule has 4 heteroatoms. The van der Waals surface area contributed by atoms with Crippen LogP contribution in [0.15, 0.2) is 0 Å². The van der Waals surface area contributed by atoms with E-state index in [1.54, 1.807) is 0 Å². The lowest BCUT2D eigenvalue weighted by Crippen LogP contribution is -2.11. The van der Waals surface area contributed by atoms with Crippen molar-refractivity contribution < 1.29 is 4.79 Å². The van der Waals surface area contributed by atoms with Crippen LogP contribution < -0.4 is 11.9 Å². The van der Waals surface area contributed by atoms with Crippen LogP contribution >= 0.6 is 12.4 Å². The number of primary amides is 1. The number of hydrogen-bond donors (Lipinski definition) is 2. The summed E-state index contributed by atoms with van der Waals surface area (Å²) < 4.78 is 0. The van der Waals surface area contributed by atoms with Gasteiger partial charge < -0.3 is 11.9 Å². The van der Waals surface area contributed by atoms with E-state index in [-0.39, 0.29) is 30.4 Å². The van der Waals surface area contributed by atoms with Crippen molar-refractivity contribution in [2.45, 2.75) is 12.8 Å². The number of carbonyl (C=O) groups is 1. The molecule has 0 radical (unpaired) electrons. The Labute approximate surface area is 54.6 Å². The molecule has 1 amide bonds. The van der Waals surface area contributed by atoms with E-state index in [0.29, 0.717) is 0 Å². The van der Waals surface area contributed by atoms with Crippen LogP contribution in [0.4, 0.5) is 0 Å². The number of rotatable bonds is 1. The molecule has 1 aliphatic rings. The molecule has 1 fully saturated rings. The third-order valence-corrected chi connectivity index (χ3v) is 0.980. The van der Waals surface area contributed by atoms with Crippen molar-refractivity contribution in [3.63, 3.8) is 0 Å². The van der Waals surface area contributed by atoms with Crippen LogP contribution in [0.25, 0.3) is 0 Å². The van der Waals surface area contributed by atoms with Crippen LogP contribution in [0.2, 0.25) is 0 Å². The van der Waals surface area contributed by atoms with Crippen molar-refractivity contribution in [1.29, 1.82) is 0 Å². The summed E-state index contributed by atoms with van der Waals surface area (Å²) in [4.78, 5) is 9.98. The molecular formula is C4H11ClN2O. The number of nitrogens with two attached hydrogens (primary N) is 1. The molecule has 0 bridgehead atoms. The molecule has 1 saturated carbocycles. The minimum absolute atomic E-state index is 0. The third-order valence-electron chi connectivity index (χ3n) is 0.980. The second-order valence-electron chi connectivity index (χ2n) is 1.68. The number of amides is 1. The molecule has 0 aromatic rings. The highest BCUT2D eigenvalue weighted by atomic mass is 35.5. The molecule has 0 aliphatic heterocycles. The molecule has 50 valence electrons. The summed E-state index contributed by atoms with van der Waals surface area (Å²) in [5, 5.41) is 0. The van der Waals surface area contributed by atoms with E-state index in [2.05, 4.69) is 0 Å². The first-order valence-electron chi connectivity index (χ1n) is 2.10. The number of carbonyl (C=O) groups excluding carboxylic acids is 1. The van der Waals surface area contributed by atoms with Crippen LogP contribution in [0.5, 0.6) is 0 Å². The van der Waals surface area contributed by atoms with Gasteiger partial charge in [0, 0.05) is 5.92 Å². The van der Waals surface area contributed by atoms with E-state index >= 15 is 0 Å². The van der Waals surface area contributed by atoms with E-state index in [0.717, 1.165) is 12.8 Å². The van der Waals surface area contributed by atoms with Crippen LogP contribution in [-0.4, -0.2) is 5.91 Å². The van der Waals surface area contributed by atoms with Crippen LogP contribution in [-0.2, 0) is 4.79 Å². The van der Waals surface area contributed by atoms with Gasteiger partial charge in [0.2, 0.25) is 5.91 Å². The minimum atomic E-state index is -0.130. The Kier molecular flexibility index (Phi) is 4.91. The standard InChI is InChI=1S/C4H7NO.ClH.H3N/c5-4(6)3-1-2-3;;/h3H,1-2H2,(H2,5,6);1H;1H3. The predicted molar refractivity (Wildman–Crippen MR) is 34.2 cm³/mol. The van der Waals surface area contributed by atoms with Gasteiger partial charge in [-0.15, -0.1) is 12.4 Å². The van der Waals surface area contributed by atoms with E-state index in [9.17, 15) is 4.79 Å². The SMILES string of the molecule is Cl.N.NC(=O)C1CC1. The lowest BCUT2D eigenvalue weighted by molar-refractivity contribution is -0.119. The van der Waals surface area contributed by atoms with Gasteiger partial charge in [0.1, 0.15) is 0 Å². The summed E-state index contributed by atoms with van der Waals surface area (Å²) in [6.07, 6.45) is 2.05. The van der Waals surface area contributed by atoms with Crippen molar-refractivity contribution in [1.82, 2.24) is 6.15 Å². The fourth-order valence-electron chi connectivity index (χ4n) is 0.368. The average Bonchev–Trinajstić information content (AvgIpc) is 2.06. The maximum Gasteiger partial charge on any atom is 0.220 e. The minimum Gasteiger partial charge on any atom is -0.369 e. The average molecular weight is 139 g/mol. The highest BCUT2D eigenvalue weighted by Gasteiger charge is 2.26. The van der Waals surface area contributed by atoms with Crippen LogP contribution in [0, 0.1) is 5.92 Å². The van der Waals surface area contributed by atoms with Gasteiger partial charge in [-0.25, -0.2) is 0 Å². The molecule has 0 unspecified atom stereocenters. The van der Waals surface area contributed by atoms with Crippen molar-refractivity contribution in [2.75, 3.05) is 0 Å². The van der Waals surface area contributed by atoms with Crippen molar-refractivity contribution >= 4 is 18.3 Å². The highest BCUT2D eigenvalue weighted by Crippen LogP contribution is 2.27. The quantitative estimate of drug-likeness (QED) is 0.553. The van der Waals surface area contributed by atoms with Crippen molar-refractivity contribution in [3.05, 3.63) is 0 Å². The summed E-state index contributed by atoms with van der Waals surface area (Å²) in [6, 6.07) is 0. The Hall–Kier alpha value is -0.280. The smallest absolute Gasteiger partial charge is 0.220 e. The van der Waals surface area contributed by atoms with E-state index < -0.39 is 0 Å². The van der Waals surface area contributed by atoms with Gasteiger partial charge >= 0.3 is 0 Å². The molecule has 0 heterocycles. The second-order valence-corrected chi connectivity index (χ2v) is 1.68. The zero-order valence-corrected chi connectivity index (χ0v) is 5.41. The van der Waals surface area contributed by atoms with Crippen LogP contribution in [0.3, 0.4) is 0 Å². The number of hydrogen-bond acceptors (Lipinski definition) is 2. The van der Waals surface area contributed by atoms with Gasteiger partial charge in [0.05, 0.1) is 0 Å².